The van der Waals surface area contributed by atoms with Gasteiger partial charge in [0, 0.05) is 5.56 Å². The molecule has 0 N–H and O–H groups in total. The first kappa shape index (κ1) is 33.6. The summed E-state index contributed by atoms with van der Waals surface area (Å²) in [7, 11) is 1.54. The number of hydrogen-bond donors (Lipinski definition) is 0. The van der Waals surface area contributed by atoms with Gasteiger partial charge in [0.05, 0.1) is 50.6 Å². The van der Waals surface area contributed by atoms with Crippen molar-refractivity contribution < 1.29 is 28.1 Å². The normalized spacial score (nSPS) is 14.6. The second-order valence-corrected chi connectivity index (χ2v) is 13.3. The third kappa shape index (κ3) is 6.98. The molecule has 1 aliphatic rings. The van der Waals surface area contributed by atoms with Crippen LogP contribution in [-0.2, 0) is 16.1 Å². The number of carbonyl (C=O) groups is 1. The first-order valence-corrected chi connectivity index (χ1v) is 16.8. The fourth-order valence-corrected chi connectivity index (χ4v) is 7.53. The van der Waals surface area contributed by atoms with Crippen LogP contribution in [0.5, 0.6) is 17.2 Å². The van der Waals surface area contributed by atoms with Crippen molar-refractivity contribution in [2.75, 3.05) is 13.7 Å². The van der Waals surface area contributed by atoms with Gasteiger partial charge in [-0.1, -0.05) is 35.6 Å². The van der Waals surface area contributed by atoms with E-state index in [-0.39, 0.29) is 36.3 Å². The van der Waals surface area contributed by atoms with Crippen molar-refractivity contribution in [2.45, 2.75) is 46.4 Å². The maximum Gasteiger partial charge on any atom is 0.338 e. The summed E-state index contributed by atoms with van der Waals surface area (Å²) < 4.78 is 40.1. The van der Waals surface area contributed by atoms with Gasteiger partial charge >= 0.3 is 5.97 Å². The molecule has 1 aliphatic heterocycles. The molecule has 0 aliphatic carbocycles. The number of aromatic nitrogens is 1. The first-order valence-electron chi connectivity index (χ1n) is 14.4. The number of hydrogen-bond acceptors (Lipinski definition) is 8. The Bertz CT molecular complexity index is 2000. The van der Waals surface area contributed by atoms with E-state index in [0.717, 1.165) is 0 Å². The highest BCUT2D eigenvalue weighted by Crippen LogP contribution is 2.37. The number of esters is 1. The lowest BCUT2D eigenvalue weighted by atomic mass is 9.95. The predicted molar refractivity (Wildman–Crippen MR) is 182 cm³/mol. The van der Waals surface area contributed by atoms with Crippen LogP contribution in [0.15, 0.2) is 84.6 Å². The Hall–Kier alpha value is -3.74. The van der Waals surface area contributed by atoms with Crippen LogP contribution in [-0.4, -0.2) is 30.4 Å². The van der Waals surface area contributed by atoms with Gasteiger partial charge in [0.15, 0.2) is 16.3 Å². The molecular weight excluding hydrogens is 743 g/mol. The summed E-state index contributed by atoms with van der Waals surface area (Å²) in [5, 5.41) is 0. The smallest absolute Gasteiger partial charge is 0.338 e. The second kappa shape index (κ2) is 14.4. The van der Waals surface area contributed by atoms with E-state index >= 15 is 0 Å². The van der Waals surface area contributed by atoms with Crippen LogP contribution in [0, 0.1) is 5.82 Å². The van der Waals surface area contributed by atoms with Gasteiger partial charge in [-0.3, -0.25) is 9.36 Å². The molecule has 0 amide bonds. The number of carbonyl (C=O) groups excluding carboxylic acids is 1. The molecule has 3 aromatic carbocycles. The molecule has 2 heterocycles. The summed E-state index contributed by atoms with van der Waals surface area (Å²) in [6.07, 6.45) is 1.67. The molecule has 8 nitrogen and oxygen atoms in total. The van der Waals surface area contributed by atoms with Gasteiger partial charge in [0.25, 0.3) is 5.56 Å². The average molecular weight is 775 g/mol. The van der Waals surface area contributed by atoms with Gasteiger partial charge in [-0.25, -0.2) is 14.2 Å². The molecule has 0 spiro atoms. The Kier molecular flexibility index (Phi) is 10.5. The number of rotatable bonds is 10. The van der Waals surface area contributed by atoms with Crippen LogP contribution in [0.25, 0.3) is 6.08 Å². The van der Waals surface area contributed by atoms with Gasteiger partial charge in [-0.15, -0.1) is 0 Å². The second-order valence-electron chi connectivity index (χ2n) is 10.6. The summed E-state index contributed by atoms with van der Waals surface area (Å²) in [6.45, 7) is 7.50. The van der Waals surface area contributed by atoms with Crippen molar-refractivity contribution in [1.82, 2.24) is 4.57 Å². The van der Waals surface area contributed by atoms with Crippen molar-refractivity contribution in [1.29, 1.82) is 0 Å². The zero-order valence-corrected chi connectivity index (χ0v) is 29.7. The van der Waals surface area contributed by atoms with Crippen molar-refractivity contribution >= 4 is 55.2 Å². The fraction of sp³-hybridized carbons (Fsp3) is 0.265. The van der Waals surface area contributed by atoms with Gasteiger partial charge < -0.3 is 18.9 Å². The summed E-state index contributed by atoms with van der Waals surface area (Å²) in [6, 6.07) is 14.6. The number of benzene rings is 3. The highest BCUT2D eigenvalue weighted by atomic mass is 79.9. The lowest BCUT2D eigenvalue weighted by molar-refractivity contribution is -0.139. The topological polar surface area (TPSA) is 88.4 Å². The number of methoxy groups -OCH3 is 1. The van der Waals surface area contributed by atoms with Gasteiger partial charge in [0.2, 0.25) is 0 Å². The Morgan fingerprint density at radius 2 is 1.83 bits per heavy atom. The van der Waals surface area contributed by atoms with E-state index in [1.807, 2.05) is 32.0 Å². The van der Waals surface area contributed by atoms with Crippen LogP contribution in [0.1, 0.15) is 50.4 Å². The largest absolute Gasteiger partial charge is 0.493 e. The van der Waals surface area contributed by atoms with Gasteiger partial charge in [0.1, 0.15) is 18.2 Å². The number of halogens is 3. The summed E-state index contributed by atoms with van der Waals surface area (Å²) in [4.78, 5) is 32.5. The Balaban J connectivity index is 1.58. The van der Waals surface area contributed by atoms with Crippen LogP contribution in [0.2, 0.25) is 0 Å². The monoisotopic (exact) mass is 772 g/mol. The third-order valence-electron chi connectivity index (χ3n) is 7.03. The highest BCUT2D eigenvalue weighted by Gasteiger charge is 2.34. The number of allylic oxidation sites excluding steroid dienone is 1. The van der Waals surface area contributed by atoms with Crippen LogP contribution < -0.4 is 29.1 Å². The molecule has 4 aromatic rings. The molecule has 5 rings (SSSR count). The minimum atomic E-state index is -0.813. The fourth-order valence-electron chi connectivity index (χ4n) is 5.03. The highest BCUT2D eigenvalue weighted by molar-refractivity contribution is 9.11. The number of nitrogens with zero attached hydrogens (tertiary/aromatic N) is 2. The van der Waals surface area contributed by atoms with E-state index in [9.17, 15) is 14.0 Å². The lowest BCUT2D eigenvalue weighted by Crippen LogP contribution is -2.40. The molecule has 46 heavy (non-hydrogen) atoms. The molecule has 0 bridgehead atoms. The van der Waals surface area contributed by atoms with E-state index in [1.165, 1.54) is 29.1 Å². The van der Waals surface area contributed by atoms with Crippen molar-refractivity contribution in [3.8, 4) is 17.2 Å². The van der Waals surface area contributed by atoms with Gasteiger partial charge in [-0.05, 0) is 107 Å². The molecule has 0 radical (unpaired) electrons. The zero-order chi connectivity index (χ0) is 33.1. The molecule has 1 atom stereocenters. The first-order chi connectivity index (χ1) is 22.0. The molecule has 240 valence electrons. The Labute approximate surface area is 286 Å². The van der Waals surface area contributed by atoms with Crippen molar-refractivity contribution in [3.05, 3.63) is 117 Å². The van der Waals surface area contributed by atoms with Crippen LogP contribution >= 0.6 is 43.2 Å². The van der Waals surface area contributed by atoms with E-state index < -0.39 is 12.0 Å². The molecule has 1 aromatic heterocycles. The number of thiazole rings is 1. The minimum Gasteiger partial charge on any atom is -0.493 e. The quantitative estimate of drug-likeness (QED) is 0.164. The lowest BCUT2D eigenvalue weighted by Gasteiger charge is -2.25. The van der Waals surface area contributed by atoms with Crippen molar-refractivity contribution in [2.24, 2.45) is 4.99 Å². The standard InChI is InChI=1S/C34H31Br2FN2O6S/c1-6-43-33(41)29-19(4)38-34-39(30(29)21-11-12-26(45-18(2)3)27(16-21)42-5)32(40)28(46-34)15-20-13-23(35)31(24(36)14-20)44-17-22-9-7-8-10-25(22)37/h7-16,18,30H,6,17H2,1-5H3/b28-15-/t30-/m1/s1. The summed E-state index contributed by atoms with van der Waals surface area (Å²) in [5.41, 5.74) is 2.17. The molecule has 0 saturated carbocycles. The molecule has 0 unspecified atom stereocenters. The zero-order valence-electron chi connectivity index (χ0n) is 25.7. The molecule has 0 saturated heterocycles. The molecule has 0 fully saturated rings. The third-order valence-corrected chi connectivity index (χ3v) is 9.19. The Morgan fingerprint density at radius 3 is 2.48 bits per heavy atom. The van der Waals surface area contributed by atoms with Crippen LogP contribution in [0.3, 0.4) is 0 Å². The van der Waals surface area contributed by atoms with Crippen LogP contribution in [0.4, 0.5) is 4.39 Å². The number of ether oxygens (including phenoxy) is 4. The van der Waals surface area contributed by atoms with E-state index in [1.54, 1.807) is 50.3 Å². The molecular formula is C34H31Br2FN2O6S. The molecule has 12 heteroatoms. The average Bonchev–Trinajstić information content (AvgIpc) is 3.30. The maximum atomic E-state index is 14.1. The Morgan fingerprint density at radius 1 is 1.11 bits per heavy atom. The maximum absolute atomic E-state index is 14.1. The predicted octanol–water partition coefficient (Wildman–Crippen LogP) is 6.84. The van der Waals surface area contributed by atoms with Gasteiger partial charge in [-0.2, -0.15) is 0 Å². The van der Waals surface area contributed by atoms with E-state index in [4.69, 9.17) is 18.9 Å². The number of fused-ring (bicyclic) bond motifs is 1. The van der Waals surface area contributed by atoms with Crippen molar-refractivity contribution in [3.63, 3.8) is 0 Å². The summed E-state index contributed by atoms with van der Waals surface area (Å²) in [5.74, 6) is 0.612. The summed E-state index contributed by atoms with van der Waals surface area (Å²) >= 11 is 8.32. The van der Waals surface area contributed by atoms with E-state index in [2.05, 4.69) is 36.9 Å². The SMILES string of the molecule is CCOC(=O)C1=C(C)N=c2s/c(=C\c3cc(Br)c(OCc4ccccc4F)c(Br)c3)c(=O)n2[C@@H]1c1ccc(OC(C)C)c(OC)c1. The van der Waals surface area contributed by atoms with E-state index in [0.29, 0.717) is 57.9 Å². The minimum absolute atomic E-state index is 0.0410.